The molecule has 0 aliphatic carbocycles. The number of amides is 2. The number of thioether (sulfide) groups is 1. The molecule has 0 bridgehead atoms. The number of carbonyl (C=O) groups is 3. The van der Waals surface area contributed by atoms with E-state index in [2.05, 4.69) is 22.6 Å². The number of carbonyl (C=O) groups excluding carboxylic acids is 3. The molecule has 0 saturated carbocycles. The third kappa shape index (κ3) is 6.26. The molecule has 1 aliphatic heterocycles. The molecule has 0 aromatic heterocycles. The SMILES string of the molecule is CCOC(=O)CN1C(=O)S/C(=C/c2cc(I)c(OCc3ccccc3F)c(OCC)c2)C1=O. The van der Waals surface area contributed by atoms with Crippen LogP contribution in [-0.4, -0.2) is 41.8 Å². The monoisotopic (exact) mass is 585 g/mol. The lowest BCUT2D eigenvalue weighted by Gasteiger charge is -2.15. The summed E-state index contributed by atoms with van der Waals surface area (Å²) in [5, 5.41) is -0.538. The first-order chi connectivity index (χ1) is 15.8. The van der Waals surface area contributed by atoms with Crippen LogP contribution in [0.15, 0.2) is 41.3 Å². The number of esters is 1. The summed E-state index contributed by atoms with van der Waals surface area (Å²) in [6.07, 6.45) is 1.56. The average Bonchev–Trinajstić information content (AvgIpc) is 3.02. The molecule has 2 aromatic rings. The Labute approximate surface area is 208 Å². The van der Waals surface area contributed by atoms with Crippen molar-refractivity contribution in [2.45, 2.75) is 20.5 Å². The second-order valence-corrected chi connectivity index (χ2v) is 8.87. The van der Waals surface area contributed by atoms with Gasteiger partial charge in [-0.2, -0.15) is 0 Å². The molecule has 0 unspecified atom stereocenters. The zero-order chi connectivity index (χ0) is 24.0. The standard InChI is InChI=1S/C23H21FINO6S/c1-3-30-18-10-14(9-17(25)21(18)32-13-15-7-5-6-8-16(15)24)11-19-22(28)26(23(29)33-19)12-20(27)31-4-2/h5-11H,3-4,12-13H2,1-2H3/b19-11+. The molecule has 0 atom stereocenters. The Bertz CT molecular complexity index is 1110. The fourth-order valence-electron chi connectivity index (χ4n) is 2.96. The summed E-state index contributed by atoms with van der Waals surface area (Å²) in [6, 6.07) is 9.79. The quantitative estimate of drug-likeness (QED) is 0.233. The number of imide groups is 1. The van der Waals surface area contributed by atoms with Gasteiger partial charge in [0.15, 0.2) is 11.5 Å². The van der Waals surface area contributed by atoms with E-state index in [1.807, 2.05) is 6.92 Å². The first kappa shape index (κ1) is 25.0. The number of nitrogens with zero attached hydrogens (tertiary/aromatic N) is 1. The first-order valence-corrected chi connectivity index (χ1v) is 12.0. The van der Waals surface area contributed by atoms with Gasteiger partial charge in [0.2, 0.25) is 0 Å². The van der Waals surface area contributed by atoms with Crippen LogP contribution in [0.2, 0.25) is 0 Å². The fourth-order valence-corrected chi connectivity index (χ4v) is 4.58. The molecule has 1 fully saturated rings. The van der Waals surface area contributed by atoms with E-state index >= 15 is 0 Å². The third-order valence-corrected chi connectivity index (χ3v) is 6.13. The Hall–Kier alpha value is -2.60. The van der Waals surface area contributed by atoms with Crippen molar-refractivity contribution in [3.8, 4) is 11.5 Å². The molecule has 1 heterocycles. The Kier molecular flexibility index (Phi) is 8.73. The topological polar surface area (TPSA) is 82.1 Å². The van der Waals surface area contributed by atoms with Crippen LogP contribution < -0.4 is 9.47 Å². The number of ether oxygens (including phenoxy) is 3. The summed E-state index contributed by atoms with van der Waals surface area (Å²) in [6.45, 7) is 3.59. The predicted molar refractivity (Wildman–Crippen MR) is 130 cm³/mol. The highest BCUT2D eigenvalue weighted by Crippen LogP contribution is 2.38. The van der Waals surface area contributed by atoms with E-state index < -0.39 is 23.7 Å². The number of benzene rings is 2. The molecule has 7 nitrogen and oxygen atoms in total. The lowest BCUT2D eigenvalue weighted by atomic mass is 10.1. The van der Waals surface area contributed by atoms with Crippen LogP contribution in [0.1, 0.15) is 25.0 Å². The van der Waals surface area contributed by atoms with Gasteiger partial charge >= 0.3 is 5.97 Å². The van der Waals surface area contributed by atoms with Crippen molar-refractivity contribution >= 4 is 57.5 Å². The largest absolute Gasteiger partial charge is 0.490 e. The third-order valence-electron chi connectivity index (χ3n) is 4.43. The van der Waals surface area contributed by atoms with E-state index in [4.69, 9.17) is 14.2 Å². The maximum Gasteiger partial charge on any atom is 0.326 e. The van der Waals surface area contributed by atoms with E-state index in [-0.39, 0.29) is 23.9 Å². The number of halogens is 2. The Balaban J connectivity index is 1.83. The van der Waals surface area contributed by atoms with Gasteiger partial charge in [-0.1, -0.05) is 18.2 Å². The second kappa shape index (κ2) is 11.5. The molecule has 1 saturated heterocycles. The van der Waals surface area contributed by atoms with Gasteiger partial charge in [-0.3, -0.25) is 19.3 Å². The van der Waals surface area contributed by atoms with Crippen LogP contribution in [0.5, 0.6) is 11.5 Å². The molecular formula is C23H21FINO6S. The van der Waals surface area contributed by atoms with E-state index in [0.29, 0.717) is 32.8 Å². The van der Waals surface area contributed by atoms with Crippen LogP contribution in [-0.2, 0) is 20.9 Å². The van der Waals surface area contributed by atoms with Crippen LogP contribution >= 0.6 is 34.4 Å². The number of rotatable bonds is 9. The minimum Gasteiger partial charge on any atom is -0.490 e. The van der Waals surface area contributed by atoms with Crippen molar-refractivity contribution < 1.29 is 33.0 Å². The molecule has 0 radical (unpaired) electrons. The van der Waals surface area contributed by atoms with Crippen molar-refractivity contribution in [1.29, 1.82) is 0 Å². The van der Waals surface area contributed by atoms with Crippen LogP contribution in [0.3, 0.4) is 0 Å². The minimum atomic E-state index is -0.648. The lowest BCUT2D eigenvalue weighted by molar-refractivity contribution is -0.145. The zero-order valence-corrected chi connectivity index (χ0v) is 20.9. The van der Waals surface area contributed by atoms with Gasteiger partial charge in [-0.05, 0) is 78.0 Å². The summed E-state index contributed by atoms with van der Waals surface area (Å²) in [5.41, 5.74) is 1.03. The first-order valence-electron chi connectivity index (χ1n) is 10.1. The molecule has 174 valence electrons. The van der Waals surface area contributed by atoms with Crippen molar-refractivity contribution in [3.63, 3.8) is 0 Å². The van der Waals surface area contributed by atoms with Crippen LogP contribution in [0, 0.1) is 9.39 Å². The average molecular weight is 585 g/mol. The smallest absolute Gasteiger partial charge is 0.326 e. The molecule has 3 rings (SSSR count). The fraction of sp³-hybridized carbons (Fsp3) is 0.261. The predicted octanol–water partition coefficient (Wildman–Crippen LogP) is 5.01. The molecule has 1 aliphatic rings. The molecular weight excluding hydrogens is 564 g/mol. The van der Waals surface area contributed by atoms with Gasteiger partial charge in [-0.15, -0.1) is 0 Å². The van der Waals surface area contributed by atoms with Gasteiger partial charge in [0.05, 0.1) is 21.7 Å². The molecule has 10 heteroatoms. The van der Waals surface area contributed by atoms with Gasteiger partial charge in [0.25, 0.3) is 11.1 Å². The highest BCUT2D eigenvalue weighted by atomic mass is 127. The van der Waals surface area contributed by atoms with Gasteiger partial charge in [-0.25, -0.2) is 4.39 Å². The molecule has 33 heavy (non-hydrogen) atoms. The molecule has 2 amide bonds. The van der Waals surface area contributed by atoms with E-state index in [0.717, 1.165) is 16.7 Å². The lowest BCUT2D eigenvalue weighted by Crippen LogP contribution is -2.34. The number of hydrogen-bond acceptors (Lipinski definition) is 7. The summed E-state index contributed by atoms with van der Waals surface area (Å²) >= 11 is 2.82. The molecule has 0 spiro atoms. The van der Waals surface area contributed by atoms with Crippen molar-refractivity contribution in [3.05, 3.63) is 61.8 Å². The van der Waals surface area contributed by atoms with Gasteiger partial charge < -0.3 is 14.2 Å². The Morgan fingerprint density at radius 3 is 2.61 bits per heavy atom. The van der Waals surface area contributed by atoms with E-state index in [1.165, 1.54) is 6.07 Å². The highest BCUT2D eigenvalue weighted by Gasteiger charge is 2.36. The summed E-state index contributed by atoms with van der Waals surface area (Å²) < 4.78 is 31.0. The summed E-state index contributed by atoms with van der Waals surface area (Å²) in [5.74, 6) is -0.692. The summed E-state index contributed by atoms with van der Waals surface area (Å²) in [4.78, 5) is 37.6. The van der Waals surface area contributed by atoms with Crippen molar-refractivity contribution in [2.24, 2.45) is 0 Å². The maximum atomic E-state index is 13.9. The molecule has 2 aromatic carbocycles. The minimum absolute atomic E-state index is 0.0227. The normalized spacial score (nSPS) is 14.7. The van der Waals surface area contributed by atoms with E-state index in [1.54, 1.807) is 43.3 Å². The molecule has 0 N–H and O–H groups in total. The second-order valence-electron chi connectivity index (χ2n) is 6.72. The summed E-state index contributed by atoms with van der Waals surface area (Å²) in [7, 11) is 0. The Morgan fingerprint density at radius 2 is 1.91 bits per heavy atom. The highest BCUT2D eigenvalue weighted by molar-refractivity contribution is 14.1. The van der Waals surface area contributed by atoms with Gasteiger partial charge in [0, 0.05) is 5.56 Å². The maximum absolute atomic E-state index is 13.9. The van der Waals surface area contributed by atoms with Crippen LogP contribution in [0.25, 0.3) is 6.08 Å². The van der Waals surface area contributed by atoms with E-state index in [9.17, 15) is 18.8 Å². The number of hydrogen-bond donors (Lipinski definition) is 0. The Morgan fingerprint density at radius 1 is 1.15 bits per heavy atom. The van der Waals surface area contributed by atoms with Gasteiger partial charge in [0.1, 0.15) is 19.0 Å². The zero-order valence-electron chi connectivity index (χ0n) is 17.9. The van der Waals surface area contributed by atoms with Crippen LogP contribution in [0.4, 0.5) is 9.18 Å². The van der Waals surface area contributed by atoms with Crippen molar-refractivity contribution in [2.75, 3.05) is 19.8 Å². The van der Waals surface area contributed by atoms with Crippen molar-refractivity contribution in [1.82, 2.24) is 4.90 Å².